The van der Waals surface area contributed by atoms with Gasteiger partial charge in [-0.05, 0) is 54.8 Å². The van der Waals surface area contributed by atoms with Gasteiger partial charge in [0.05, 0.1) is 17.7 Å². The molecule has 2 aromatic carbocycles. The number of anilines is 1. The van der Waals surface area contributed by atoms with E-state index in [1.165, 1.54) is 4.90 Å². The van der Waals surface area contributed by atoms with Crippen LogP contribution >= 0.6 is 0 Å². The summed E-state index contributed by atoms with van der Waals surface area (Å²) >= 11 is 0. The number of hydrogen-bond acceptors (Lipinski definition) is 3. The van der Waals surface area contributed by atoms with Crippen LogP contribution in [-0.2, 0) is 11.2 Å². The van der Waals surface area contributed by atoms with Crippen molar-refractivity contribution in [1.82, 2.24) is 0 Å². The fraction of sp³-hybridized carbons (Fsp3) is 0.222. The molecule has 124 valence electrons. The van der Waals surface area contributed by atoms with E-state index >= 15 is 0 Å². The smallest absolute Gasteiger partial charge is 0.243 e. The first kappa shape index (κ1) is 17.6. The van der Waals surface area contributed by atoms with Gasteiger partial charge in [0.15, 0.2) is 0 Å². The second kappa shape index (κ2) is 7.20. The second-order valence-electron chi connectivity index (χ2n) is 5.60. The molecule has 0 saturated heterocycles. The zero-order chi connectivity index (χ0) is 17.9. The van der Waals surface area contributed by atoms with Gasteiger partial charge in [-0.3, -0.25) is 4.79 Å². The number of aryl methyl sites for hydroxylation is 1. The quantitative estimate of drug-likeness (QED) is 0.937. The summed E-state index contributed by atoms with van der Waals surface area (Å²) in [5, 5.41) is 8.94. The maximum atomic E-state index is 13.2. The van der Waals surface area contributed by atoms with E-state index in [4.69, 9.17) is 11.0 Å². The van der Waals surface area contributed by atoms with E-state index in [0.717, 1.165) is 23.8 Å². The maximum absolute atomic E-state index is 13.2. The Kier molecular flexibility index (Phi) is 5.27. The summed E-state index contributed by atoms with van der Waals surface area (Å²) in [7, 11) is 1.56. The lowest BCUT2D eigenvalue weighted by molar-refractivity contribution is -0.119. The van der Waals surface area contributed by atoms with E-state index < -0.39 is 17.7 Å². The molecule has 2 rings (SSSR count). The van der Waals surface area contributed by atoms with Gasteiger partial charge in [0.25, 0.3) is 0 Å². The van der Waals surface area contributed by atoms with Crippen molar-refractivity contribution in [1.29, 1.82) is 5.26 Å². The van der Waals surface area contributed by atoms with Crippen LogP contribution in [0.2, 0.25) is 0 Å². The maximum Gasteiger partial charge on any atom is 0.243 e. The van der Waals surface area contributed by atoms with E-state index in [0.29, 0.717) is 16.8 Å². The molecular weight excluding hydrogens is 312 g/mol. The van der Waals surface area contributed by atoms with Gasteiger partial charge in [0.1, 0.15) is 11.6 Å². The number of rotatable bonds is 4. The van der Waals surface area contributed by atoms with Crippen molar-refractivity contribution < 1.29 is 13.6 Å². The topological polar surface area (TPSA) is 70.1 Å². The summed E-state index contributed by atoms with van der Waals surface area (Å²) in [6.07, 6.45) is 0.0209. The molecule has 24 heavy (non-hydrogen) atoms. The van der Waals surface area contributed by atoms with Crippen molar-refractivity contribution in [3.05, 3.63) is 64.7 Å². The average molecular weight is 329 g/mol. The number of nitrogens with two attached hydrogens (primary N) is 1. The van der Waals surface area contributed by atoms with Crippen LogP contribution in [0, 0.1) is 29.9 Å². The minimum atomic E-state index is -0.938. The molecule has 2 aromatic rings. The van der Waals surface area contributed by atoms with Crippen molar-refractivity contribution in [2.24, 2.45) is 5.73 Å². The van der Waals surface area contributed by atoms with Crippen LogP contribution in [0.25, 0.3) is 0 Å². The number of nitriles is 1. The minimum Gasteiger partial charge on any atom is -0.320 e. The zero-order valence-corrected chi connectivity index (χ0v) is 13.4. The Labute approximate surface area is 139 Å². The molecule has 0 saturated carbocycles. The number of amides is 1. The molecule has 6 heteroatoms. The summed E-state index contributed by atoms with van der Waals surface area (Å²) in [6, 6.07) is 9.19. The molecule has 2 N–H and O–H groups in total. The first-order chi connectivity index (χ1) is 11.3. The van der Waals surface area contributed by atoms with E-state index in [2.05, 4.69) is 6.07 Å². The highest BCUT2D eigenvalue weighted by atomic mass is 19.1. The fourth-order valence-electron chi connectivity index (χ4n) is 2.43. The number of halogens is 2. The van der Waals surface area contributed by atoms with Crippen LogP contribution in [0.3, 0.4) is 0 Å². The normalized spacial score (nSPS) is 11.7. The Morgan fingerprint density at radius 3 is 2.42 bits per heavy atom. The lowest BCUT2D eigenvalue weighted by atomic mass is 10.0. The highest BCUT2D eigenvalue weighted by molar-refractivity contribution is 5.96. The monoisotopic (exact) mass is 329 g/mol. The molecule has 1 atom stereocenters. The SMILES string of the molecule is Cc1cc(N(C)C(=O)[C@@H](N)Cc2cc(F)cc(F)c2)ccc1C#N. The third-order valence-electron chi connectivity index (χ3n) is 3.74. The summed E-state index contributed by atoms with van der Waals surface area (Å²) < 4.78 is 26.4. The van der Waals surface area contributed by atoms with Gasteiger partial charge in [-0.2, -0.15) is 5.26 Å². The molecule has 0 bridgehead atoms. The van der Waals surface area contributed by atoms with Crippen LogP contribution in [0.5, 0.6) is 0 Å². The number of nitrogens with zero attached hydrogens (tertiary/aromatic N) is 2. The summed E-state index contributed by atoms with van der Waals surface area (Å²) in [4.78, 5) is 13.8. The number of carbonyl (C=O) groups is 1. The van der Waals surface area contributed by atoms with Crippen molar-refractivity contribution in [2.75, 3.05) is 11.9 Å². The number of hydrogen-bond donors (Lipinski definition) is 1. The third-order valence-corrected chi connectivity index (χ3v) is 3.74. The average Bonchev–Trinajstić information content (AvgIpc) is 2.52. The van der Waals surface area contributed by atoms with Gasteiger partial charge in [0, 0.05) is 18.8 Å². The summed E-state index contributed by atoms with van der Waals surface area (Å²) in [5.74, 6) is -1.80. The van der Waals surface area contributed by atoms with Crippen LogP contribution < -0.4 is 10.6 Å². The van der Waals surface area contributed by atoms with E-state index in [-0.39, 0.29) is 12.3 Å². The standard InChI is InChI=1S/C18H17F2N3O/c1-11-5-16(4-3-13(11)10-21)23(2)18(24)17(22)8-12-6-14(19)9-15(20)7-12/h3-7,9,17H,8,22H2,1-2H3/t17-/m0/s1. The lowest BCUT2D eigenvalue weighted by Gasteiger charge is -2.22. The van der Waals surface area contributed by atoms with E-state index in [1.54, 1.807) is 32.2 Å². The zero-order valence-electron chi connectivity index (χ0n) is 13.4. The largest absolute Gasteiger partial charge is 0.320 e. The Morgan fingerprint density at radius 2 is 1.88 bits per heavy atom. The molecule has 0 radical (unpaired) electrons. The molecule has 1 amide bonds. The van der Waals surface area contributed by atoms with Gasteiger partial charge in [-0.1, -0.05) is 0 Å². The van der Waals surface area contributed by atoms with Gasteiger partial charge >= 0.3 is 0 Å². The molecular formula is C18H17F2N3O. The number of carbonyl (C=O) groups excluding carboxylic acids is 1. The Bertz CT molecular complexity index is 794. The van der Waals surface area contributed by atoms with Crippen molar-refractivity contribution in [2.45, 2.75) is 19.4 Å². The van der Waals surface area contributed by atoms with Crippen molar-refractivity contribution >= 4 is 11.6 Å². The van der Waals surface area contributed by atoms with E-state index in [9.17, 15) is 13.6 Å². The highest BCUT2D eigenvalue weighted by Crippen LogP contribution is 2.19. The van der Waals surface area contributed by atoms with Crippen LogP contribution in [0.4, 0.5) is 14.5 Å². The first-order valence-electron chi connectivity index (χ1n) is 7.30. The van der Waals surface area contributed by atoms with Crippen LogP contribution in [0.1, 0.15) is 16.7 Å². The van der Waals surface area contributed by atoms with E-state index in [1.807, 2.05) is 0 Å². The Balaban J connectivity index is 2.15. The molecule has 4 nitrogen and oxygen atoms in total. The van der Waals surface area contributed by atoms with Gasteiger partial charge < -0.3 is 10.6 Å². The third kappa shape index (κ3) is 3.94. The van der Waals surface area contributed by atoms with Crippen molar-refractivity contribution in [3.63, 3.8) is 0 Å². The summed E-state index contributed by atoms with van der Waals surface area (Å²) in [6.45, 7) is 1.77. The number of benzene rings is 2. The molecule has 0 heterocycles. The highest BCUT2D eigenvalue weighted by Gasteiger charge is 2.20. The molecule has 0 fully saturated rings. The van der Waals surface area contributed by atoms with Gasteiger partial charge in [-0.25, -0.2) is 8.78 Å². The van der Waals surface area contributed by atoms with Gasteiger partial charge in [-0.15, -0.1) is 0 Å². The Morgan fingerprint density at radius 1 is 1.25 bits per heavy atom. The van der Waals surface area contributed by atoms with Crippen LogP contribution in [-0.4, -0.2) is 19.0 Å². The molecule has 0 unspecified atom stereocenters. The minimum absolute atomic E-state index is 0.0209. The predicted molar refractivity (Wildman–Crippen MR) is 87.3 cm³/mol. The molecule has 0 aliphatic carbocycles. The molecule has 0 aliphatic rings. The molecule has 0 spiro atoms. The molecule has 0 aromatic heterocycles. The summed E-state index contributed by atoms with van der Waals surface area (Å²) in [5.41, 5.74) is 8.08. The first-order valence-corrected chi connectivity index (χ1v) is 7.30. The van der Waals surface area contributed by atoms with Gasteiger partial charge in [0.2, 0.25) is 5.91 Å². The van der Waals surface area contributed by atoms with Crippen molar-refractivity contribution in [3.8, 4) is 6.07 Å². The lowest BCUT2D eigenvalue weighted by Crippen LogP contribution is -2.43. The predicted octanol–water partition coefficient (Wildman–Crippen LogP) is 2.68. The second-order valence-corrected chi connectivity index (χ2v) is 5.60. The number of likely N-dealkylation sites (N-methyl/N-ethyl adjacent to an activating group) is 1. The van der Waals surface area contributed by atoms with Crippen LogP contribution in [0.15, 0.2) is 36.4 Å². The molecule has 0 aliphatic heterocycles. The Hall–Kier alpha value is -2.78. The fourth-order valence-corrected chi connectivity index (χ4v) is 2.43.